The monoisotopic (exact) mass is 1110 g/mol. The van der Waals surface area contributed by atoms with Crippen molar-refractivity contribution in [1.82, 2.24) is 24.5 Å². The third-order valence-electron chi connectivity index (χ3n) is 12.7. The van der Waals surface area contributed by atoms with E-state index in [-0.39, 0.29) is 52.7 Å². The van der Waals surface area contributed by atoms with Crippen molar-refractivity contribution in [3.8, 4) is 73.7 Å². The number of nitrogens with zero attached hydrogens (tertiary/aromatic N) is 5. The predicted octanol–water partition coefficient (Wildman–Crippen LogP) is 16.3. The van der Waals surface area contributed by atoms with Crippen LogP contribution in [0.4, 0.5) is 0 Å². The molecular formula is C62H53N5O2Pd2. The summed E-state index contributed by atoms with van der Waals surface area (Å²) in [4.78, 5) is 18.9. The number of pyridine rings is 2. The Balaban J connectivity index is 0.00000338. The summed E-state index contributed by atoms with van der Waals surface area (Å²) in [5, 5.41) is 1.87. The molecule has 6 aromatic carbocycles. The van der Waals surface area contributed by atoms with E-state index in [0.717, 1.165) is 77.7 Å². The Hall–Kier alpha value is -6.58. The maximum absolute atomic E-state index is 7.01. The standard InChI is InChI=1S/C62H53N5O2.2Pd/c1-38(2)42-16-20-44(21-17-42)60-52(40(5)6)32-46(54-14-9-11-28-63-54)34-58(60)68-48-24-26-50-51-27-25-49(37-57(51)67(56(50)36-48)62-65-30-13-31-66-62)69-59-35-47(55-15-10-12-29-64-55)33-53(41(7)8)61(59)45-22-18-43(19-23-45)39(3)4;;/h9-33,38-41H,1-8H3;;/q-4;2*+2. The van der Waals surface area contributed by atoms with Crippen LogP contribution in [0.1, 0.15) is 101 Å². The fourth-order valence-electron chi connectivity index (χ4n) is 8.98. The fourth-order valence-corrected chi connectivity index (χ4v) is 8.98. The van der Waals surface area contributed by atoms with E-state index >= 15 is 0 Å². The molecule has 7 nitrogen and oxygen atoms in total. The molecule has 0 amide bonds. The molecule has 71 heavy (non-hydrogen) atoms. The molecule has 9 heteroatoms. The quantitative estimate of drug-likeness (QED) is 0.0846. The van der Waals surface area contributed by atoms with Gasteiger partial charge < -0.3 is 24.0 Å². The number of fused-ring (bicyclic) bond motifs is 3. The molecule has 0 bridgehead atoms. The number of hydrogen-bond acceptors (Lipinski definition) is 6. The number of ether oxygens (including phenoxy) is 2. The summed E-state index contributed by atoms with van der Waals surface area (Å²) in [5.41, 5.74) is 13.7. The minimum Gasteiger partial charge on any atom is -0.502 e. The number of benzene rings is 6. The molecule has 4 heterocycles. The van der Waals surface area contributed by atoms with Gasteiger partial charge in [-0.15, -0.1) is 58.7 Å². The third-order valence-corrected chi connectivity index (χ3v) is 12.7. The van der Waals surface area contributed by atoms with Crippen LogP contribution in [0.3, 0.4) is 0 Å². The Bertz CT molecular complexity index is 3220. The Morgan fingerprint density at radius 2 is 0.831 bits per heavy atom. The molecule has 0 aliphatic carbocycles. The van der Waals surface area contributed by atoms with Crippen molar-refractivity contribution in [2.45, 2.75) is 79.1 Å². The number of aromatic nitrogens is 5. The molecule has 10 rings (SSSR count). The normalized spacial score (nSPS) is 11.4. The predicted molar refractivity (Wildman–Crippen MR) is 278 cm³/mol. The second-order valence-electron chi connectivity index (χ2n) is 18.7. The first-order chi connectivity index (χ1) is 33.5. The van der Waals surface area contributed by atoms with Crippen molar-refractivity contribution < 1.29 is 50.3 Å². The van der Waals surface area contributed by atoms with Gasteiger partial charge in [-0.2, -0.15) is 22.9 Å². The molecule has 0 unspecified atom stereocenters. The molecule has 0 atom stereocenters. The fraction of sp³-hybridized carbons (Fsp3) is 0.194. The van der Waals surface area contributed by atoms with Gasteiger partial charge in [0.2, 0.25) is 5.95 Å². The van der Waals surface area contributed by atoms with Crippen molar-refractivity contribution in [3.63, 3.8) is 0 Å². The van der Waals surface area contributed by atoms with Gasteiger partial charge in [-0.25, -0.2) is 9.97 Å². The van der Waals surface area contributed by atoms with Crippen molar-refractivity contribution in [1.29, 1.82) is 0 Å². The van der Waals surface area contributed by atoms with Crippen LogP contribution < -0.4 is 9.47 Å². The van der Waals surface area contributed by atoms with E-state index in [1.165, 1.54) is 11.1 Å². The average molecular weight is 1110 g/mol. The van der Waals surface area contributed by atoms with Gasteiger partial charge in [0.05, 0.1) is 0 Å². The van der Waals surface area contributed by atoms with Crippen molar-refractivity contribution in [2.24, 2.45) is 0 Å². The summed E-state index contributed by atoms with van der Waals surface area (Å²) in [6.07, 6.45) is 7.10. The molecule has 0 spiro atoms. The Kier molecular flexibility index (Phi) is 15.6. The van der Waals surface area contributed by atoms with Crippen LogP contribution in [0.5, 0.6) is 23.0 Å². The van der Waals surface area contributed by atoms with Crippen molar-refractivity contribution in [2.75, 3.05) is 0 Å². The molecule has 4 aromatic heterocycles. The minimum absolute atomic E-state index is 0. The van der Waals surface area contributed by atoms with Crippen LogP contribution >= 0.6 is 0 Å². The van der Waals surface area contributed by atoms with Crippen LogP contribution in [-0.2, 0) is 40.8 Å². The van der Waals surface area contributed by atoms with E-state index in [1.54, 1.807) is 12.4 Å². The van der Waals surface area contributed by atoms with E-state index in [0.29, 0.717) is 40.8 Å². The summed E-state index contributed by atoms with van der Waals surface area (Å²) < 4.78 is 16.0. The molecule has 0 saturated carbocycles. The third kappa shape index (κ3) is 10.4. The first-order valence-electron chi connectivity index (χ1n) is 23.8. The second kappa shape index (κ2) is 21.8. The summed E-state index contributed by atoms with van der Waals surface area (Å²) in [7, 11) is 0. The van der Waals surface area contributed by atoms with Crippen LogP contribution in [-0.4, -0.2) is 24.5 Å². The van der Waals surface area contributed by atoms with Gasteiger partial charge in [0.1, 0.15) is 0 Å². The van der Waals surface area contributed by atoms with Gasteiger partial charge in [-0.1, -0.05) is 174 Å². The van der Waals surface area contributed by atoms with Gasteiger partial charge >= 0.3 is 40.8 Å². The topological polar surface area (TPSA) is 75.0 Å². The summed E-state index contributed by atoms with van der Waals surface area (Å²) in [6, 6.07) is 58.3. The van der Waals surface area contributed by atoms with E-state index in [9.17, 15) is 0 Å². The largest absolute Gasteiger partial charge is 2.00 e. The summed E-state index contributed by atoms with van der Waals surface area (Å²) in [5.74, 6) is 3.84. The van der Waals surface area contributed by atoms with Crippen LogP contribution in [0.15, 0.2) is 152 Å². The Labute approximate surface area is 445 Å². The van der Waals surface area contributed by atoms with Crippen molar-refractivity contribution >= 4 is 21.8 Å². The van der Waals surface area contributed by atoms with Crippen LogP contribution in [0.2, 0.25) is 0 Å². The number of rotatable bonds is 13. The number of hydrogen-bond donors (Lipinski definition) is 0. The molecule has 358 valence electrons. The Morgan fingerprint density at radius 3 is 1.20 bits per heavy atom. The van der Waals surface area contributed by atoms with Gasteiger partial charge in [0.15, 0.2) is 0 Å². The summed E-state index contributed by atoms with van der Waals surface area (Å²) in [6.45, 7) is 17.7. The van der Waals surface area contributed by atoms with Crippen LogP contribution in [0, 0.1) is 24.3 Å². The zero-order chi connectivity index (χ0) is 47.8. The smallest absolute Gasteiger partial charge is 0.502 e. The van der Waals surface area contributed by atoms with Gasteiger partial charge in [0.25, 0.3) is 0 Å². The molecule has 0 saturated heterocycles. The SMILES string of the molecule is CC(C)c1ccc(-c2c(Oc3[c-]c4c(cc3)c3ccc(Oc5[c-]c(-c6ccccn6)cc(C(C)C)c5-c5ccc(C(C)C)cc5)[c-]c3n4-c3ncccn3)[c-]c(-c3ccccn3)cc2C(C)C)cc1.[Pd+2].[Pd+2]. The van der Waals surface area contributed by atoms with Gasteiger partial charge in [-0.05, 0) is 64.4 Å². The Morgan fingerprint density at radius 1 is 0.423 bits per heavy atom. The molecule has 0 radical (unpaired) electrons. The molecule has 0 aliphatic rings. The van der Waals surface area contributed by atoms with Gasteiger partial charge in [0, 0.05) is 47.8 Å². The first kappa shape index (κ1) is 50.8. The molecule has 0 aliphatic heterocycles. The maximum atomic E-state index is 7.01. The van der Waals surface area contributed by atoms with E-state index in [1.807, 2.05) is 71.6 Å². The van der Waals surface area contributed by atoms with Gasteiger partial charge in [-0.3, -0.25) is 0 Å². The van der Waals surface area contributed by atoms with E-state index in [4.69, 9.17) is 29.4 Å². The minimum atomic E-state index is 0. The zero-order valence-electron chi connectivity index (χ0n) is 40.9. The van der Waals surface area contributed by atoms with E-state index in [2.05, 4.69) is 152 Å². The maximum Gasteiger partial charge on any atom is 2.00 e. The molecule has 0 fully saturated rings. The summed E-state index contributed by atoms with van der Waals surface area (Å²) >= 11 is 0. The first-order valence-corrected chi connectivity index (χ1v) is 23.8. The van der Waals surface area contributed by atoms with Crippen LogP contribution in [0.25, 0.3) is 72.5 Å². The molecular weight excluding hydrogens is 1060 g/mol. The second-order valence-corrected chi connectivity index (χ2v) is 18.7. The molecule has 10 aromatic rings. The van der Waals surface area contributed by atoms with Crippen molar-refractivity contribution in [3.05, 3.63) is 199 Å². The zero-order valence-corrected chi connectivity index (χ0v) is 44.0. The van der Waals surface area contributed by atoms with E-state index < -0.39 is 0 Å². The average Bonchev–Trinajstić information content (AvgIpc) is 3.69. The molecule has 0 N–H and O–H groups in total.